The number of rotatable bonds is 2. The Morgan fingerprint density at radius 3 is 2.23 bits per heavy atom. The standard InChI is InChI=1S/C6H3Cl4PS2/c7-5-2-1-4(3-6(5)8)13-11(9,10)12/h1-3H. The summed E-state index contributed by atoms with van der Waals surface area (Å²) in [4.78, 5) is 0.836. The van der Waals surface area contributed by atoms with Crippen LogP contribution in [-0.2, 0) is 11.8 Å². The summed E-state index contributed by atoms with van der Waals surface area (Å²) in [6.45, 7) is 0. The van der Waals surface area contributed by atoms with Gasteiger partial charge in [0.15, 0.2) is 3.95 Å². The van der Waals surface area contributed by atoms with Gasteiger partial charge in [0.1, 0.15) is 0 Å². The molecule has 0 aliphatic carbocycles. The van der Waals surface area contributed by atoms with Gasteiger partial charge in [0.2, 0.25) is 0 Å². The molecule has 1 aromatic carbocycles. The van der Waals surface area contributed by atoms with Crippen molar-refractivity contribution in [2.45, 2.75) is 4.90 Å². The lowest BCUT2D eigenvalue weighted by Gasteiger charge is -2.05. The van der Waals surface area contributed by atoms with Crippen LogP contribution in [0.2, 0.25) is 10.0 Å². The Hall–Kier alpha value is 1.38. The first kappa shape index (κ1) is 12.4. The first-order valence-electron chi connectivity index (χ1n) is 3.02. The van der Waals surface area contributed by atoms with Crippen molar-refractivity contribution in [1.29, 1.82) is 0 Å². The zero-order chi connectivity index (χ0) is 10.1. The van der Waals surface area contributed by atoms with E-state index in [1.54, 1.807) is 18.2 Å². The zero-order valence-electron chi connectivity index (χ0n) is 6.01. The first-order valence-corrected chi connectivity index (χ1v) is 9.81. The van der Waals surface area contributed by atoms with Crippen LogP contribution in [0.4, 0.5) is 0 Å². The van der Waals surface area contributed by atoms with Crippen LogP contribution in [0.3, 0.4) is 0 Å². The summed E-state index contributed by atoms with van der Waals surface area (Å²) in [5.74, 6) is 0. The van der Waals surface area contributed by atoms with Gasteiger partial charge in [0.25, 0.3) is 0 Å². The summed E-state index contributed by atoms with van der Waals surface area (Å²) < 4.78 is -2.33. The van der Waals surface area contributed by atoms with Crippen LogP contribution in [0.15, 0.2) is 23.1 Å². The summed E-state index contributed by atoms with van der Waals surface area (Å²) in [7, 11) is 0. The van der Waals surface area contributed by atoms with Gasteiger partial charge in [0.05, 0.1) is 10.0 Å². The van der Waals surface area contributed by atoms with E-state index < -0.39 is 3.95 Å². The van der Waals surface area contributed by atoms with Gasteiger partial charge in [-0.3, -0.25) is 0 Å². The third-order valence-corrected chi connectivity index (χ3v) is 5.70. The Labute approximate surface area is 105 Å². The minimum absolute atomic E-state index is 0.475. The lowest BCUT2D eigenvalue weighted by Crippen LogP contribution is -1.70. The smallest absolute Gasteiger partial charge is 0.0827 e. The molecule has 0 unspecified atom stereocenters. The third-order valence-electron chi connectivity index (χ3n) is 1.10. The van der Waals surface area contributed by atoms with Crippen LogP contribution in [0, 0.1) is 0 Å². The van der Waals surface area contributed by atoms with Gasteiger partial charge in [-0.15, -0.1) is 0 Å². The Kier molecular flexibility index (Phi) is 4.73. The van der Waals surface area contributed by atoms with Crippen molar-refractivity contribution in [3.63, 3.8) is 0 Å². The maximum Gasteiger partial charge on any atom is 0.175 e. The van der Waals surface area contributed by atoms with Crippen molar-refractivity contribution < 1.29 is 0 Å². The highest BCUT2D eigenvalue weighted by Gasteiger charge is 2.11. The molecule has 0 radical (unpaired) electrons. The van der Waals surface area contributed by atoms with E-state index >= 15 is 0 Å². The van der Waals surface area contributed by atoms with E-state index in [1.807, 2.05) is 0 Å². The summed E-state index contributed by atoms with van der Waals surface area (Å²) in [5, 5.41) is 0.979. The van der Waals surface area contributed by atoms with Crippen molar-refractivity contribution in [3.8, 4) is 0 Å². The minimum Gasteiger partial charge on any atom is -0.0827 e. The molecular formula is C6H3Cl4PS2. The largest absolute Gasteiger partial charge is 0.175 e. The molecule has 0 aromatic heterocycles. The second-order valence-electron chi connectivity index (χ2n) is 2.08. The van der Waals surface area contributed by atoms with E-state index in [0.29, 0.717) is 10.0 Å². The van der Waals surface area contributed by atoms with Crippen molar-refractivity contribution in [2.24, 2.45) is 0 Å². The van der Waals surface area contributed by atoms with Gasteiger partial charge in [0, 0.05) is 4.90 Å². The Bertz CT molecular complexity index is 362. The summed E-state index contributed by atoms with van der Waals surface area (Å²) in [6.07, 6.45) is 0. The monoisotopic (exact) mass is 310 g/mol. The van der Waals surface area contributed by atoms with E-state index in [-0.39, 0.29) is 0 Å². The van der Waals surface area contributed by atoms with Crippen LogP contribution >= 0.6 is 61.0 Å². The average Bonchev–Trinajstić information content (AvgIpc) is 1.94. The molecule has 0 saturated heterocycles. The molecule has 13 heavy (non-hydrogen) atoms. The fourth-order valence-electron chi connectivity index (χ4n) is 0.656. The predicted octanol–water partition coefficient (Wildman–Crippen LogP) is 5.79. The lowest BCUT2D eigenvalue weighted by atomic mass is 10.4. The third kappa shape index (κ3) is 4.61. The predicted molar refractivity (Wildman–Crippen MR) is 68.3 cm³/mol. The average molecular weight is 312 g/mol. The summed E-state index contributed by atoms with van der Waals surface area (Å²) >= 11 is 29.1. The molecule has 0 saturated carbocycles. The number of halogens is 4. The van der Waals surface area contributed by atoms with Gasteiger partial charge in [-0.1, -0.05) is 68.9 Å². The van der Waals surface area contributed by atoms with Crippen LogP contribution < -0.4 is 0 Å². The van der Waals surface area contributed by atoms with Gasteiger partial charge in [-0.2, -0.15) is 0 Å². The normalized spacial score (nSPS) is 11.7. The quantitative estimate of drug-likeness (QED) is 0.634. The van der Waals surface area contributed by atoms with E-state index in [9.17, 15) is 0 Å². The van der Waals surface area contributed by atoms with E-state index in [1.165, 1.54) is 11.4 Å². The molecule has 7 heteroatoms. The summed E-state index contributed by atoms with van der Waals surface area (Å²) in [6, 6.07) is 5.16. The molecule has 0 aliphatic rings. The van der Waals surface area contributed by atoms with Gasteiger partial charge >= 0.3 is 0 Å². The maximum atomic E-state index is 5.79. The second-order valence-corrected chi connectivity index (χ2v) is 14.9. The highest BCUT2D eigenvalue weighted by atomic mass is 35.9. The number of benzene rings is 1. The van der Waals surface area contributed by atoms with Gasteiger partial charge < -0.3 is 0 Å². The molecule has 72 valence electrons. The molecule has 0 N–H and O–H groups in total. The van der Waals surface area contributed by atoms with Crippen LogP contribution in [-0.4, -0.2) is 0 Å². The molecule has 0 heterocycles. The van der Waals surface area contributed by atoms with E-state index in [2.05, 4.69) is 0 Å². The maximum absolute atomic E-state index is 5.79. The molecule has 0 spiro atoms. The minimum atomic E-state index is -2.33. The molecule has 0 fully saturated rings. The van der Waals surface area contributed by atoms with Crippen molar-refractivity contribution >= 4 is 72.8 Å². The SMILES string of the molecule is S=P(Cl)(Cl)Sc1ccc(Cl)c(Cl)c1. The molecule has 0 aliphatic heterocycles. The fourth-order valence-corrected chi connectivity index (χ4v) is 4.85. The van der Waals surface area contributed by atoms with Crippen LogP contribution in [0.25, 0.3) is 0 Å². The number of hydrogen-bond donors (Lipinski definition) is 0. The molecule has 0 amide bonds. The Morgan fingerprint density at radius 2 is 1.77 bits per heavy atom. The van der Waals surface area contributed by atoms with Crippen LogP contribution in [0.5, 0.6) is 0 Å². The molecule has 0 nitrogen and oxygen atoms in total. The highest BCUT2D eigenvalue weighted by Crippen LogP contribution is 2.70. The molecule has 1 aromatic rings. The van der Waals surface area contributed by atoms with Crippen molar-refractivity contribution in [3.05, 3.63) is 28.2 Å². The molecule has 0 bridgehead atoms. The first-order chi connectivity index (χ1) is 5.88. The number of hydrogen-bond acceptors (Lipinski definition) is 2. The molecular weight excluding hydrogens is 309 g/mol. The van der Waals surface area contributed by atoms with E-state index in [0.717, 1.165) is 4.90 Å². The van der Waals surface area contributed by atoms with Gasteiger partial charge in [-0.25, -0.2) is 0 Å². The fraction of sp³-hybridized carbons (Fsp3) is 0. The highest BCUT2D eigenvalue weighted by molar-refractivity contribution is 8.85. The Balaban J connectivity index is 2.92. The molecule has 0 atom stereocenters. The molecule has 1 rings (SSSR count). The second kappa shape index (κ2) is 4.94. The van der Waals surface area contributed by atoms with Gasteiger partial charge in [-0.05, 0) is 18.2 Å². The van der Waals surface area contributed by atoms with E-state index in [4.69, 9.17) is 57.5 Å². The topological polar surface area (TPSA) is 0 Å². The zero-order valence-corrected chi connectivity index (χ0v) is 11.6. The Morgan fingerprint density at radius 1 is 1.15 bits per heavy atom. The van der Waals surface area contributed by atoms with Crippen molar-refractivity contribution in [1.82, 2.24) is 0 Å². The van der Waals surface area contributed by atoms with Crippen LogP contribution in [0.1, 0.15) is 0 Å². The van der Waals surface area contributed by atoms with Crippen molar-refractivity contribution in [2.75, 3.05) is 0 Å². The lowest BCUT2D eigenvalue weighted by molar-refractivity contribution is 1.48. The summed E-state index contributed by atoms with van der Waals surface area (Å²) in [5.41, 5.74) is 0.